The van der Waals surface area contributed by atoms with Crippen LogP contribution in [0.15, 0.2) is 42.6 Å². The van der Waals surface area contributed by atoms with Crippen molar-refractivity contribution < 1.29 is 4.79 Å². The minimum Gasteiger partial charge on any atom is -0.366 e. The molecule has 2 heterocycles. The van der Waals surface area contributed by atoms with E-state index in [0.717, 1.165) is 42.2 Å². The second-order valence-electron chi connectivity index (χ2n) is 6.47. The number of rotatable bonds is 5. The fourth-order valence-corrected chi connectivity index (χ4v) is 3.40. The number of amides is 1. The van der Waals surface area contributed by atoms with Gasteiger partial charge < -0.3 is 10.2 Å². The van der Waals surface area contributed by atoms with Gasteiger partial charge in [-0.05, 0) is 55.5 Å². The van der Waals surface area contributed by atoms with Crippen LogP contribution in [-0.4, -0.2) is 28.4 Å². The Morgan fingerprint density at radius 3 is 2.72 bits per heavy atom. The Morgan fingerprint density at radius 2 is 2.04 bits per heavy atom. The van der Waals surface area contributed by atoms with Gasteiger partial charge in [-0.15, -0.1) is 0 Å². The molecule has 1 aliphatic rings. The number of anilines is 1. The fourth-order valence-electron chi connectivity index (χ4n) is 3.28. The molecule has 3 rings (SSSR count). The number of aromatic nitrogens is 1. The highest BCUT2D eigenvalue weighted by Crippen LogP contribution is 2.22. The maximum Gasteiger partial charge on any atom is 0.255 e. The molecule has 25 heavy (non-hydrogen) atoms. The van der Waals surface area contributed by atoms with Crippen molar-refractivity contribution in [3.63, 3.8) is 0 Å². The standard InChI is InChI=1S/C20H24ClN3O/c1-2-18-5-3-4-12-24(18)20(25)16-8-11-19(23-14-16)22-13-15-6-9-17(21)10-7-15/h6-11,14,18H,2-5,12-13H2,1H3,(H,22,23). The maximum atomic E-state index is 12.7. The summed E-state index contributed by atoms with van der Waals surface area (Å²) in [7, 11) is 0. The first-order valence-corrected chi connectivity index (χ1v) is 9.30. The number of nitrogens with zero attached hydrogens (tertiary/aromatic N) is 2. The lowest BCUT2D eigenvalue weighted by molar-refractivity contribution is 0.0607. The van der Waals surface area contributed by atoms with E-state index in [4.69, 9.17) is 11.6 Å². The molecule has 1 amide bonds. The summed E-state index contributed by atoms with van der Waals surface area (Å²) in [6, 6.07) is 11.8. The van der Waals surface area contributed by atoms with Gasteiger partial charge in [0, 0.05) is 30.4 Å². The van der Waals surface area contributed by atoms with Crippen molar-refractivity contribution in [1.29, 1.82) is 0 Å². The molecule has 1 aromatic carbocycles. The van der Waals surface area contributed by atoms with Gasteiger partial charge in [-0.2, -0.15) is 0 Å². The third-order valence-corrected chi connectivity index (χ3v) is 5.01. The summed E-state index contributed by atoms with van der Waals surface area (Å²) in [6.07, 6.45) is 6.11. The van der Waals surface area contributed by atoms with Crippen LogP contribution >= 0.6 is 11.6 Å². The molecule has 1 unspecified atom stereocenters. The molecule has 1 N–H and O–H groups in total. The van der Waals surface area contributed by atoms with Gasteiger partial charge in [0.15, 0.2) is 0 Å². The van der Waals surface area contributed by atoms with Crippen molar-refractivity contribution in [3.8, 4) is 0 Å². The van der Waals surface area contributed by atoms with Crippen molar-refractivity contribution in [2.45, 2.75) is 45.2 Å². The van der Waals surface area contributed by atoms with Gasteiger partial charge in [-0.1, -0.05) is 30.7 Å². The van der Waals surface area contributed by atoms with E-state index < -0.39 is 0 Å². The number of halogens is 1. The van der Waals surface area contributed by atoms with Gasteiger partial charge in [-0.25, -0.2) is 4.98 Å². The zero-order valence-corrected chi connectivity index (χ0v) is 15.3. The van der Waals surface area contributed by atoms with E-state index in [1.165, 1.54) is 6.42 Å². The number of pyridine rings is 1. The Labute approximate surface area is 154 Å². The molecule has 4 nitrogen and oxygen atoms in total. The number of nitrogens with one attached hydrogen (secondary N) is 1. The molecule has 0 aliphatic carbocycles. The molecular formula is C20H24ClN3O. The largest absolute Gasteiger partial charge is 0.366 e. The highest BCUT2D eigenvalue weighted by atomic mass is 35.5. The highest BCUT2D eigenvalue weighted by Gasteiger charge is 2.26. The van der Waals surface area contributed by atoms with Crippen LogP contribution in [0.1, 0.15) is 48.5 Å². The Morgan fingerprint density at radius 1 is 1.24 bits per heavy atom. The number of hydrogen-bond acceptors (Lipinski definition) is 3. The first-order valence-electron chi connectivity index (χ1n) is 8.92. The Hall–Kier alpha value is -2.07. The average Bonchev–Trinajstić information content (AvgIpc) is 2.67. The molecule has 2 aromatic rings. The second-order valence-corrected chi connectivity index (χ2v) is 6.90. The third kappa shape index (κ3) is 4.51. The lowest BCUT2D eigenvalue weighted by Crippen LogP contribution is -2.43. The van der Waals surface area contributed by atoms with Crippen molar-refractivity contribution in [2.24, 2.45) is 0 Å². The van der Waals surface area contributed by atoms with Gasteiger partial charge in [0.25, 0.3) is 5.91 Å². The van der Waals surface area contributed by atoms with E-state index in [-0.39, 0.29) is 5.91 Å². The van der Waals surface area contributed by atoms with Crippen LogP contribution in [0.5, 0.6) is 0 Å². The van der Waals surface area contributed by atoms with E-state index in [2.05, 4.69) is 17.2 Å². The number of carbonyl (C=O) groups is 1. The summed E-state index contributed by atoms with van der Waals surface area (Å²) >= 11 is 5.89. The first kappa shape index (κ1) is 17.7. The zero-order chi connectivity index (χ0) is 17.6. The first-order chi connectivity index (χ1) is 12.2. The summed E-state index contributed by atoms with van der Waals surface area (Å²) in [5, 5.41) is 4.00. The van der Waals surface area contributed by atoms with E-state index in [9.17, 15) is 4.79 Å². The van der Waals surface area contributed by atoms with Gasteiger partial charge in [0.2, 0.25) is 0 Å². The highest BCUT2D eigenvalue weighted by molar-refractivity contribution is 6.30. The van der Waals surface area contributed by atoms with E-state index >= 15 is 0 Å². The van der Waals surface area contributed by atoms with Crippen LogP contribution in [0.25, 0.3) is 0 Å². The average molecular weight is 358 g/mol. The van der Waals surface area contributed by atoms with Crippen LogP contribution in [0.4, 0.5) is 5.82 Å². The Kier molecular flexibility index (Phi) is 5.92. The minimum absolute atomic E-state index is 0.100. The smallest absolute Gasteiger partial charge is 0.255 e. The Bertz CT molecular complexity index is 700. The molecule has 1 atom stereocenters. The van der Waals surface area contributed by atoms with Crippen molar-refractivity contribution >= 4 is 23.3 Å². The topological polar surface area (TPSA) is 45.2 Å². The van der Waals surface area contributed by atoms with Gasteiger partial charge in [-0.3, -0.25) is 4.79 Å². The summed E-state index contributed by atoms with van der Waals surface area (Å²) in [4.78, 5) is 19.2. The molecule has 5 heteroatoms. The molecule has 1 saturated heterocycles. The van der Waals surface area contributed by atoms with Gasteiger partial charge in [0.05, 0.1) is 5.56 Å². The number of carbonyl (C=O) groups excluding carboxylic acids is 1. The van der Waals surface area contributed by atoms with Gasteiger partial charge in [0.1, 0.15) is 5.82 Å². The molecule has 0 radical (unpaired) electrons. The van der Waals surface area contributed by atoms with Crippen LogP contribution in [-0.2, 0) is 6.54 Å². The van der Waals surface area contributed by atoms with E-state index in [1.807, 2.05) is 41.3 Å². The van der Waals surface area contributed by atoms with Gasteiger partial charge >= 0.3 is 0 Å². The van der Waals surface area contributed by atoms with Crippen LogP contribution in [0, 0.1) is 0 Å². The molecule has 1 aromatic heterocycles. The number of piperidine rings is 1. The zero-order valence-electron chi connectivity index (χ0n) is 14.5. The summed E-state index contributed by atoms with van der Waals surface area (Å²) in [5.41, 5.74) is 1.79. The minimum atomic E-state index is 0.100. The van der Waals surface area contributed by atoms with Crippen LogP contribution < -0.4 is 5.32 Å². The molecular weight excluding hydrogens is 334 g/mol. The summed E-state index contributed by atoms with van der Waals surface area (Å²) in [6.45, 7) is 3.67. The molecule has 1 aliphatic heterocycles. The molecule has 0 spiro atoms. The second kappa shape index (κ2) is 8.34. The molecule has 0 saturated carbocycles. The molecule has 132 valence electrons. The lowest BCUT2D eigenvalue weighted by atomic mass is 9.99. The van der Waals surface area contributed by atoms with Crippen molar-refractivity contribution in [2.75, 3.05) is 11.9 Å². The van der Waals surface area contributed by atoms with Crippen LogP contribution in [0.3, 0.4) is 0 Å². The predicted octanol–water partition coefficient (Wildman–Crippen LogP) is 4.75. The number of hydrogen-bond donors (Lipinski definition) is 1. The predicted molar refractivity (Wildman–Crippen MR) is 102 cm³/mol. The third-order valence-electron chi connectivity index (χ3n) is 4.76. The van der Waals surface area contributed by atoms with Crippen molar-refractivity contribution in [1.82, 2.24) is 9.88 Å². The Balaban J connectivity index is 1.61. The quantitative estimate of drug-likeness (QED) is 0.839. The molecule has 1 fully saturated rings. The SMILES string of the molecule is CCC1CCCCN1C(=O)c1ccc(NCc2ccc(Cl)cc2)nc1. The number of benzene rings is 1. The molecule has 0 bridgehead atoms. The van der Waals surface area contributed by atoms with Crippen molar-refractivity contribution in [3.05, 3.63) is 58.7 Å². The normalized spacial score (nSPS) is 17.4. The van der Waals surface area contributed by atoms with E-state index in [1.54, 1.807) is 6.20 Å². The van der Waals surface area contributed by atoms with Crippen LogP contribution in [0.2, 0.25) is 5.02 Å². The number of likely N-dealkylation sites (tertiary alicyclic amines) is 1. The summed E-state index contributed by atoms with van der Waals surface area (Å²) < 4.78 is 0. The fraction of sp³-hybridized carbons (Fsp3) is 0.400. The van der Waals surface area contributed by atoms with E-state index in [0.29, 0.717) is 18.2 Å². The lowest BCUT2D eigenvalue weighted by Gasteiger charge is -2.35. The summed E-state index contributed by atoms with van der Waals surface area (Å²) in [5.74, 6) is 0.862. The monoisotopic (exact) mass is 357 g/mol. The maximum absolute atomic E-state index is 12.7.